The predicted octanol–water partition coefficient (Wildman–Crippen LogP) is 4.51. The van der Waals surface area contributed by atoms with E-state index in [2.05, 4.69) is 5.32 Å². The van der Waals surface area contributed by atoms with Crippen LogP contribution >= 0.6 is 34.5 Å². The first-order valence-corrected chi connectivity index (χ1v) is 8.67. The molecule has 0 unspecified atom stereocenters. The zero-order valence-corrected chi connectivity index (χ0v) is 15.3. The molecular weight excluding hydrogens is 383 g/mol. The smallest absolute Gasteiger partial charge is 0.331 e. The predicted molar refractivity (Wildman–Crippen MR) is 98.7 cm³/mol. The van der Waals surface area contributed by atoms with Crippen LogP contribution in [0.3, 0.4) is 0 Å². The lowest BCUT2D eigenvalue weighted by molar-refractivity contribution is -0.148. The summed E-state index contributed by atoms with van der Waals surface area (Å²) in [5.74, 6) is -1.25. The second kappa shape index (κ2) is 8.67. The largest absolute Gasteiger partial charge is 0.449 e. The van der Waals surface area contributed by atoms with Crippen molar-refractivity contribution < 1.29 is 14.3 Å². The molecule has 0 bridgehead atoms. The van der Waals surface area contributed by atoms with Crippen molar-refractivity contribution in [3.63, 3.8) is 0 Å². The Kier molecular flexibility index (Phi) is 6.59. The van der Waals surface area contributed by atoms with E-state index in [-0.39, 0.29) is 0 Å². The van der Waals surface area contributed by atoms with Crippen LogP contribution in [0.2, 0.25) is 10.0 Å². The van der Waals surface area contributed by atoms with Crippen LogP contribution in [0.4, 0.5) is 5.00 Å². The Hall–Kier alpha value is -2.33. The van der Waals surface area contributed by atoms with Crippen LogP contribution in [0, 0.1) is 11.3 Å². The Bertz CT molecular complexity index is 851. The van der Waals surface area contributed by atoms with Gasteiger partial charge in [-0.15, -0.1) is 11.3 Å². The van der Waals surface area contributed by atoms with Crippen LogP contribution in [0.1, 0.15) is 18.1 Å². The highest BCUT2D eigenvalue weighted by Crippen LogP contribution is 2.25. The number of ether oxygens (including phenoxy) is 1. The average molecular weight is 395 g/mol. The van der Waals surface area contributed by atoms with E-state index in [1.54, 1.807) is 29.6 Å². The molecule has 0 saturated carbocycles. The summed E-state index contributed by atoms with van der Waals surface area (Å²) in [6.07, 6.45) is 1.53. The van der Waals surface area contributed by atoms with Crippen LogP contribution in [-0.2, 0) is 14.3 Å². The van der Waals surface area contributed by atoms with E-state index in [9.17, 15) is 9.59 Å². The number of halogens is 2. The molecule has 128 valence electrons. The quantitative estimate of drug-likeness (QED) is 0.597. The summed E-state index contributed by atoms with van der Waals surface area (Å²) in [4.78, 5) is 23.9. The van der Waals surface area contributed by atoms with E-state index < -0.39 is 18.0 Å². The van der Waals surface area contributed by atoms with E-state index in [4.69, 9.17) is 33.2 Å². The zero-order chi connectivity index (χ0) is 18.4. The highest BCUT2D eigenvalue weighted by Gasteiger charge is 2.18. The van der Waals surface area contributed by atoms with Crippen molar-refractivity contribution in [3.05, 3.63) is 56.9 Å². The number of anilines is 1. The number of amides is 1. The first kappa shape index (κ1) is 19.0. The lowest BCUT2D eigenvalue weighted by Gasteiger charge is -2.11. The minimum absolute atomic E-state index is 0.352. The van der Waals surface area contributed by atoms with Crippen molar-refractivity contribution in [2.24, 2.45) is 0 Å². The van der Waals surface area contributed by atoms with Gasteiger partial charge < -0.3 is 10.1 Å². The summed E-state index contributed by atoms with van der Waals surface area (Å²) < 4.78 is 5.03. The lowest BCUT2D eigenvalue weighted by Crippen LogP contribution is -2.29. The summed E-state index contributed by atoms with van der Waals surface area (Å²) in [5.41, 5.74) is 0.835. The molecule has 0 fully saturated rings. The molecule has 1 N–H and O–H groups in total. The SMILES string of the molecule is C[C@@H](OC(=O)/C=C/c1c(Cl)cccc1Cl)C(=O)Nc1sccc1C#N. The third-order valence-electron chi connectivity index (χ3n) is 3.07. The molecule has 0 aliphatic rings. The third kappa shape index (κ3) is 5.07. The molecule has 8 heteroatoms. The van der Waals surface area contributed by atoms with E-state index in [1.807, 2.05) is 6.07 Å². The van der Waals surface area contributed by atoms with Gasteiger partial charge in [0, 0.05) is 21.7 Å². The normalized spacial score (nSPS) is 11.8. The van der Waals surface area contributed by atoms with E-state index in [0.717, 1.165) is 6.08 Å². The van der Waals surface area contributed by atoms with Crippen LogP contribution in [0.5, 0.6) is 0 Å². The fourth-order valence-electron chi connectivity index (χ4n) is 1.80. The lowest BCUT2D eigenvalue weighted by atomic mass is 10.2. The number of thiophene rings is 1. The van der Waals surface area contributed by atoms with Crippen molar-refractivity contribution in [3.8, 4) is 6.07 Å². The minimum atomic E-state index is -1.03. The Morgan fingerprint density at radius 2 is 2.00 bits per heavy atom. The first-order chi connectivity index (χ1) is 11.9. The molecule has 0 saturated heterocycles. The van der Waals surface area contributed by atoms with Gasteiger partial charge in [-0.1, -0.05) is 29.3 Å². The first-order valence-electron chi connectivity index (χ1n) is 7.03. The molecule has 1 aromatic carbocycles. The second-order valence-corrected chi connectivity index (χ2v) is 6.54. The van der Waals surface area contributed by atoms with Gasteiger partial charge in [-0.2, -0.15) is 5.26 Å². The molecule has 0 aliphatic heterocycles. The maximum absolute atomic E-state index is 12.0. The van der Waals surface area contributed by atoms with Gasteiger partial charge in [0.1, 0.15) is 11.1 Å². The molecule has 0 spiro atoms. The maximum Gasteiger partial charge on any atom is 0.331 e. The van der Waals surface area contributed by atoms with Crippen LogP contribution in [-0.4, -0.2) is 18.0 Å². The van der Waals surface area contributed by atoms with Gasteiger partial charge in [-0.05, 0) is 36.6 Å². The van der Waals surface area contributed by atoms with Crippen LogP contribution in [0.15, 0.2) is 35.7 Å². The topological polar surface area (TPSA) is 79.2 Å². The van der Waals surface area contributed by atoms with Crippen LogP contribution in [0.25, 0.3) is 6.08 Å². The number of benzene rings is 1. The molecule has 2 aromatic rings. The van der Waals surface area contributed by atoms with Gasteiger partial charge in [-0.3, -0.25) is 4.79 Å². The van der Waals surface area contributed by atoms with Gasteiger partial charge in [0.2, 0.25) is 0 Å². The Morgan fingerprint density at radius 1 is 1.32 bits per heavy atom. The highest BCUT2D eigenvalue weighted by molar-refractivity contribution is 7.14. The molecule has 1 atom stereocenters. The number of nitrogens with one attached hydrogen (secondary N) is 1. The van der Waals surface area contributed by atoms with Gasteiger partial charge in [0.25, 0.3) is 5.91 Å². The van der Waals surface area contributed by atoms with Gasteiger partial charge in [0.15, 0.2) is 6.10 Å². The summed E-state index contributed by atoms with van der Waals surface area (Å²) in [7, 11) is 0. The van der Waals surface area contributed by atoms with Crippen molar-refractivity contribution in [1.29, 1.82) is 5.26 Å². The van der Waals surface area contributed by atoms with E-state index >= 15 is 0 Å². The Labute approximate surface area is 158 Å². The number of rotatable bonds is 5. The summed E-state index contributed by atoms with van der Waals surface area (Å²) in [6.45, 7) is 1.43. The molecule has 1 heterocycles. The minimum Gasteiger partial charge on any atom is -0.449 e. The summed E-state index contributed by atoms with van der Waals surface area (Å²) in [5, 5.41) is 14.3. The molecule has 25 heavy (non-hydrogen) atoms. The Balaban J connectivity index is 1.97. The molecule has 1 aromatic heterocycles. The Morgan fingerprint density at radius 3 is 2.64 bits per heavy atom. The number of hydrogen-bond acceptors (Lipinski definition) is 5. The maximum atomic E-state index is 12.0. The number of hydrogen-bond donors (Lipinski definition) is 1. The van der Waals surface area contributed by atoms with Crippen LogP contribution < -0.4 is 5.32 Å². The molecule has 5 nitrogen and oxygen atoms in total. The number of carbonyl (C=O) groups excluding carboxylic acids is 2. The number of esters is 1. The second-order valence-electron chi connectivity index (χ2n) is 4.81. The summed E-state index contributed by atoms with van der Waals surface area (Å²) >= 11 is 13.2. The monoisotopic (exact) mass is 394 g/mol. The molecule has 0 radical (unpaired) electrons. The standard InChI is InChI=1S/C17H12Cl2N2O3S/c1-10(16(23)21-17-11(9-20)7-8-25-17)24-15(22)6-5-12-13(18)3-2-4-14(12)19/h2-8,10H,1H3,(H,21,23)/b6-5+/t10-/m1/s1. The number of nitriles is 1. The molecule has 1 amide bonds. The summed E-state index contributed by atoms with van der Waals surface area (Å²) in [6, 6.07) is 8.52. The fraction of sp³-hybridized carbons (Fsp3) is 0.118. The van der Waals surface area contributed by atoms with Crippen molar-refractivity contribution >= 4 is 57.5 Å². The highest BCUT2D eigenvalue weighted by atomic mass is 35.5. The van der Waals surface area contributed by atoms with E-state index in [0.29, 0.717) is 26.2 Å². The molecule has 2 rings (SSSR count). The van der Waals surface area contributed by atoms with E-state index in [1.165, 1.54) is 24.3 Å². The number of carbonyl (C=O) groups is 2. The molecule has 0 aliphatic carbocycles. The average Bonchev–Trinajstić information content (AvgIpc) is 3.01. The fourth-order valence-corrected chi connectivity index (χ4v) is 3.06. The van der Waals surface area contributed by atoms with Gasteiger partial charge in [-0.25, -0.2) is 4.79 Å². The molecular formula is C17H12Cl2N2O3S. The van der Waals surface area contributed by atoms with Gasteiger partial charge >= 0.3 is 5.97 Å². The van der Waals surface area contributed by atoms with Gasteiger partial charge in [0.05, 0.1) is 5.56 Å². The third-order valence-corrected chi connectivity index (χ3v) is 4.56. The van der Waals surface area contributed by atoms with Crippen molar-refractivity contribution in [2.75, 3.05) is 5.32 Å². The van der Waals surface area contributed by atoms with Crippen molar-refractivity contribution in [2.45, 2.75) is 13.0 Å². The number of nitrogens with zero attached hydrogens (tertiary/aromatic N) is 1. The van der Waals surface area contributed by atoms with Crippen molar-refractivity contribution in [1.82, 2.24) is 0 Å². The zero-order valence-electron chi connectivity index (χ0n) is 13.0.